The molecule has 1 aliphatic heterocycles. The van der Waals surface area contributed by atoms with Gasteiger partial charge < -0.3 is 44.2 Å². The Kier molecular flexibility index (Phi) is 11.5. The molecule has 0 bridgehead atoms. The van der Waals surface area contributed by atoms with E-state index in [2.05, 4.69) is 48.0 Å². The van der Waals surface area contributed by atoms with Gasteiger partial charge in [-0.25, -0.2) is 4.79 Å². The first-order valence-corrected chi connectivity index (χ1v) is 15.6. The number of nitrogens with one attached hydrogen (secondary N) is 2. The highest BCUT2D eigenvalue weighted by Crippen LogP contribution is 2.34. The van der Waals surface area contributed by atoms with E-state index < -0.39 is 11.6 Å². The molecule has 3 N–H and O–H groups in total. The third-order valence-corrected chi connectivity index (χ3v) is 9.84. The van der Waals surface area contributed by atoms with Crippen LogP contribution in [0, 0.1) is 5.92 Å². The number of aliphatic hydroxyl groups is 1. The maximum absolute atomic E-state index is 13.1. The van der Waals surface area contributed by atoms with Crippen molar-refractivity contribution in [3.63, 3.8) is 0 Å². The van der Waals surface area contributed by atoms with Gasteiger partial charge in [-0.2, -0.15) is 0 Å². The maximum Gasteiger partial charge on any atom is 0.315 e. The molecule has 5 nitrogen and oxygen atoms in total. The number of carbonyl (C=O) groups excluding carboxylic acids is 1. The molecule has 2 fully saturated rings. The predicted molar refractivity (Wildman–Crippen MR) is 167 cm³/mol. The zero-order valence-corrected chi connectivity index (χ0v) is 27.4. The van der Waals surface area contributed by atoms with Crippen molar-refractivity contribution < 1.29 is 38.4 Å². The zero-order valence-electron chi connectivity index (χ0n) is 25.2. The van der Waals surface area contributed by atoms with Crippen molar-refractivity contribution in [2.45, 2.75) is 75.5 Å². The Morgan fingerprint density at radius 1 is 0.881 bits per heavy atom. The first kappa shape index (κ1) is 32.5. The van der Waals surface area contributed by atoms with Crippen molar-refractivity contribution in [3.8, 4) is 0 Å². The standard InChI is InChI=1S/C36H47N3O2.HI/c1-28(36(41,32-16-8-4-9-17-32)33-18-10-5-11-19-33)37-35(40)38-34-22-20-29(21-23-34)24-26-39(2)25-12-15-31(27-39)30-13-6-3-7-14-30;/h3-11,13-14,16-19,28-29,31,34,41H,12,15,20-27H2,1-2H3,(H-,37,38,40);1H/t28-,29-,31?,34-,39?;/m1./s1. The number of amides is 2. The highest BCUT2D eigenvalue weighted by atomic mass is 127. The lowest BCUT2D eigenvalue weighted by Crippen LogP contribution is -3.00. The van der Waals surface area contributed by atoms with E-state index >= 15 is 0 Å². The number of carbonyl (C=O) groups is 1. The van der Waals surface area contributed by atoms with E-state index in [0.29, 0.717) is 5.92 Å². The van der Waals surface area contributed by atoms with Gasteiger partial charge in [0.2, 0.25) is 0 Å². The van der Waals surface area contributed by atoms with Crippen LogP contribution in [0.2, 0.25) is 0 Å². The fourth-order valence-electron chi connectivity index (χ4n) is 7.30. The average Bonchev–Trinajstić information content (AvgIpc) is 3.01. The first-order valence-electron chi connectivity index (χ1n) is 15.6. The predicted octanol–water partition coefficient (Wildman–Crippen LogP) is 3.59. The van der Waals surface area contributed by atoms with Crippen LogP contribution in [0.5, 0.6) is 0 Å². The van der Waals surface area contributed by atoms with Crippen molar-refractivity contribution in [3.05, 3.63) is 108 Å². The second-order valence-electron chi connectivity index (χ2n) is 12.8. The summed E-state index contributed by atoms with van der Waals surface area (Å²) in [5, 5.41) is 18.2. The van der Waals surface area contributed by atoms with E-state index in [1.807, 2.05) is 67.6 Å². The molecule has 3 atom stereocenters. The van der Waals surface area contributed by atoms with Gasteiger partial charge in [0.25, 0.3) is 0 Å². The Morgan fingerprint density at radius 3 is 2.00 bits per heavy atom. The van der Waals surface area contributed by atoms with Crippen LogP contribution >= 0.6 is 0 Å². The smallest absolute Gasteiger partial charge is 0.315 e. The molecule has 3 aromatic rings. The van der Waals surface area contributed by atoms with Gasteiger partial charge in [-0.1, -0.05) is 91.0 Å². The summed E-state index contributed by atoms with van der Waals surface area (Å²) in [5.41, 5.74) is 1.70. The van der Waals surface area contributed by atoms with Gasteiger partial charge in [0.05, 0.1) is 32.7 Å². The van der Waals surface area contributed by atoms with Crippen LogP contribution in [-0.4, -0.2) is 54.4 Å². The number of hydrogen-bond acceptors (Lipinski definition) is 2. The molecule has 2 unspecified atom stereocenters. The first-order chi connectivity index (χ1) is 19.9. The molecule has 2 aliphatic rings. The van der Waals surface area contributed by atoms with Crippen molar-refractivity contribution in [2.24, 2.45) is 5.92 Å². The van der Waals surface area contributed by atoms with Crippen molar-refractivity contribution in [2.75, 3.05) is 26.7 Å². The van der Waals surface area contributed by atoms with Gasteiger partial charge in [0.1, 0.15) is 5.60 Å². The highest BCUT2D eigenvalue weighted by Gasteiger charge is 2.39. The van der Waals surface area contributed by atoms with E-state index in [1.165, 1.54) is 61.8 Å². The topological polar surface area (TPSA) is 61.4 Å². The van der Waals surface area contributed by atoms with Crippen LogP contribution in [0.1, 0.15) is 74.5 Å². The van der Waals surface area contributed by atoms with Crippen LogP contribution in [0.3, 0.4) is 0 Å². The molecule has 1 saturated carbocycles. The van der Waals surface area contributed by atoms with Crippen molar-refractivity contribution >= 4 is 6.03 Å². The fraction of sp³-hybridized carbons (Fsp3) is 0.472. The molecule has 0 spiro atoms. The number of likely N-dealkylation sites (N-methyl/N-ethyl adjacent to an activating group) is 1. The second kappa shape index (κ2) is 14.8. The molecule has 1 saturated heterocycles. The molecule has 3 aromatic carbocycles. The molecule has 6 heteroatoms. The Bertz CT molecular complexity index is 1190. The molecule has 226 valence electrons. The zero-order chi connectivity index (χ0) is 28.7. The number of halogens is 1. The molecule has 0 aromatic heterocycles. The van der Waals surface area contributed by atoms with E-state index in [9.17, 15) is 9.90 Å². The van der Waals surface area contributed by atoms with Crippen LogP contribution in [0.15, 0.2) is 91.0 Å². The van der Waals surface area contributed by atoms with Gasteiger partial charge in [0.15, 0.2) is 0 Å². The van der Waals surface area contributed by atoms with Gasteiger partial charge >= 0.3 is 6.03 Å². The van der Waals surface area contributed by atoms with Crippen LogP contribution in [0.4, 0.5) is 4.79 Å². The lowest BCUT2D eigenvalue weighted by Gasteiger charge is -2.42. The van der Waals surface area contributed by atoms with Crippen molar-refractivity contribution in [1.82, 2.24) is 10.6 Å². The maximum atomic E-state index is 13.1. The second-order valence-corrected chi connectivity index (χ2v) is 12.8. The minimum atomic E-state index is -1.33. The summed E-state index contributed by atoms with van der Waals surface area (Å²) in [7, 11) is 2.46. The van der Waals surface area contributed by atoms with Crippen molar-refractivity contribution in [1.29, 1.82) is 0 Å². The Balaban J connectivity index is 0.00000405. The SMILES string of the molecule is C[C@@H](NC(=O)N[C@H]1CC[C@H](CC[N+]2(C)CCCC(c3ccccc3)C2)CC1)C(O)(c1ccccc1)c1ccccc1.[I-]. The summed E-state index contributed by atoms with van der Waals surface area (Å²) in [6.07, 6.45) is 8.26. The minimum Gasteiger partial charge on any atom is -1.00 e. The normalized spacial score (nSPS) is 25.1. The minimum absolute atomic E-state index is 0. The van der Waals surface area contributed by atoms with E-state index in [0.717, 1.165) is 29.9 Å². The van der Waals surface area contributed by atoms with Gasteiger partial charge in [-0.15, -0.1) is 0 Å². The molecule has 2 amide bonds. The monoisotopic (exact) mass is 681 g/mol. The Morgan fingerprint density at radius 2 is 1.43 bits per heavy atom. The van der Waals surface area contributed by atoms with Gasteiger partial charge in [-0.3, -0.25) is 0 Å². The molecule has 1 aliphatic carbocycles. The summed E-state index contributed by atoms with van der Waals surface area (Å²) in [6, 6.07) is 29.7. The molecule has 5 rings (SSSR count). The van der Waals surface area contributed by atoms with E-state index in [1.54, 1.807) is 0 Å². The lowest BCUT2D eigenvalue weighted by molar-refractivity contribution is -0.916. The molecular weight excluding hydrogens is 633 g/mol. The van der Waals surface area contributed by atoms with Crippen LogP contribution in [0.25, 0.3) is 0 Å². The molecule has 0 radical (unpaired) electrons. The number of hydrogen-bond donors (Lipinski definition) is 3. The lowest BCUT2D eigenvalue weighted by atomic mass is 9.81. The van der Waals surface area contributed by atoms with Crippen LogP contribution < -0.4 is 34.6 Å². The summed E-state index contributed by atoms with van der Waals surface area (Å²) in [5.74, 6) is 1.42. The van der Waals surface area contributed by atoms with E-state index in [-0.39, 0.29) is 36.0 Å². The van der Waals surface area contributed by atoms with E-state index in [4.69, 9.17) is 0 Å². The number of nitrogens with zero attached hydrogens (tertiary/aromatic N) is 1. The average molecular weight is 682 g/mol. The fourth-order valence-corrected chi connectivity index (χ4v) is 7.30. The number of piperidine rings is 1. The highest BCUT2D eigenvalue weighted by molar-refractivity contribution is 5.75. The summed E-state index contributed by atoms with van der Waals surface area (Å²) >= 11 is 0. The summed E-state index contributed by atoms with van der Waals surface area (Å²) in [4.78, 5) is 13.1. The third-order valence-electron chi connectivity index (χ3n) is 9.84. The van der Waals surface area contributed by atoms with Gasteiger partial charge in [0, 0.05) is 12.0 Å². The molecule has 42 heavy (non-hydrogen) atoms. The summed E-state index contributed by atoms with van der Waals surface area (Å²) < 4.78 is 1.18. The number of quaternary nitrogens is 1. The molecule has 1 heterocycles. The largest absolute Gasteiger partial charge is 1.00 e. The number of benzene rings is 3. The number of urea groups is 1. The summed E-state index contributed by atoms with van der Waals surface area (Å²) in [6.45, 7) is 5.67. The number of likely N-dealkylation sites (tertiary alicyclic amines) is 1. The number of rotatable bonds is 9. The van der Waals surface area contributed by atoms with Crippen LogP contribution in [-0.2, 0) is 5.60 Å². The molecular formula is C36H48IN3O2. The quantitative estimate of drug-likeness (QED) is 0.239. The Hall–Kier alpha value is -2.42. The van der Waals surface area contributed by atoms with Gasteiger partial charge in [-0.05, 0) is 74.5 Å². The third kappa shape index (κ3) is 7.94. The Labute approximate surface area is 269 Å².